The molecule has 1 N–H and O–H groups in total. The van der Waals surface area contributed by atoms with Crippen LogP contribution in [0.4, 0.5) is 0 Å². The fourth-order valence-corrected chi connectivity index (χ4v) is 6.05. The van der Waals surface area contributed by atoms with Crippen molar-refractivity contribution in [3.63, 3.8) is 0 Å². The molecule has 2 saturated carbocycles. The van der Waals surface area contributed by atoms with E-state index in [2.05, 4.69) is 19.9 Å². The molecule has 20 heavy (non-hydrogen) atoms. The van der Waals surface area contributed by atoms with E-state index in [1.165, 1.54) is 32.1 Å². The highest BCUT2D eigenvalue weighted by atomic mass is 16.5. The maximum atomic E-state index is 9.99. The van der Waals surface area contributed by atoms with Crippen molar-refractivity contribution in [3.8, 4) is 0 Å². The van der Waals surface area contributed by atoms with Crippen molar-refractivity contribution in [2.45, 2.75) is 70.5 Å². The van der Waals surface area contributed by atoms with Crippen LogP contribution in [0.15, 0.2) is 11.6 Å². The first-order chi connectivity index (χ1) is 9.53. The summed E-state index contributed by atoms with van der Waals surface area (Å²) in [5, 5.41) is 9.99. The van der Waals surface area contributed by atoms with Crippen LogP contribution in [-0.2, 0) is 4.74 Å². The van der Waals surface area contributed by atoms with Gasteiger partial charge < -0.3 is 9.84 Å². The van der Waals surface area contributed by atoms with Crippen molar-refractivity contribution in [2.75, 3.05) is 6.61 Å². The number of hydrogen-bond acceptors (Lipinski definition) is 2. The summed E-state index contributed by atoms with van der Waals surface area (Å²) in [5.74, 6) is 2.41. The van der Waals surface area contributed by atoms with E-state index in [0.29, 0.717) is 5.41 Å². The van der Waals surface area contributed by atoms with Crippen molar-refractivity contribution in [1.29, 1.82) is 0 Å². The molecule has 6 atom stereocenters. The Hall–Kier alpha value is -0.340. The molecule has 2 heteroatoms. The molecule has 0 radical (unpaired) electrons. The number of rotatable bonds is 0. The van der Waals surface area contributed by atoms with E-state index >= 15 is 0 Å². The maximum absolute atomic E-state index is 9.99. The van der Waals surface area contributed by atoms with Gasteiger partial charge in [0.05, 0.1) is 11.7 Å². The quantitative estimate of drug-likeness (QED) is 0.684. The lowest BCUT2D eigenvalue weighted by Crippen LogP contribution is -2.51. The topological polar surface area (TPSA) is 29.5 Å². The molecule has 4 aliphatic rings. The molecule has 1 saturated heterocycles. The molecule has 0 spiro atoms. The lowest BCUT2D eigenvalue weighted by molar-refractivity contribution is -0.0919. The smallest absolute Gasteiger partial charge is 0.0686 e. The van der Waals surface area contributed by atoms with Crippen molar-refractivity contribution in [1.82, 2.24) is 0 Å². The standard InChI is InChI=1S/C18H28O2/c1-17-8-5-13(19)11-12(17)3-4-14-15(17)6-9-18(2)16(14)7-10-20-18/h3,13-16,19H,4-11H2,1-2H3/t13-,14+,15-,16-,17-,18-/m0/s1. The van der Waals surface area contributed by atoms with Gasteiger partial charge in [-0.25, -0.2) is 0 Å². The largest absolute Gasteiger partial charge is 0.393 e. The van der Waals surface area contributed by atoms with Crippen molar-refractivity contribution >= 4 is 0 Å². The molecule has 0 unspecified atom stereocenters. The number of aliphatic hydroxyl groups excluding tert-OH is 1. The van der Waals surface area contributed by atoms with Crippen LogP contribution >= 0.6 is 0 Å². The molecule has 112 valence electrons. The van der Waals surface area contributed by atoms with Gasteiger partial charge in [0.15, 0.2) is 0 Å². The van der Waals surface area contributed by atoms with Crippen LogP contribution in [0.25, 0.3) is 0 Å². The lowest BCUT2D eigenvalue weighted by atomic mass is 9.49. The molecular formula is C18H28O2. The van der Waals surface area contributed by atoms with Gasteiger partial charge in [0.25, 0.3) is 0 Å². The number of ether oxygens (including phenoxy) is 1. The van der Waals surface area contributed by atoms with Crippen molar-refractivity contribution in [3.05, 3.63) is 11.6 Å². The number of fused-ring (bicyclic) bond motifs is 5. The second-order valence-electron chi connectivity index (χ2n) is 8.14. The van der Waals surface area contributed by atoms with Crippen LogP contribution in [0.2, 0.25) is 0 Å². The number of allylic oxidation sites excluding steroid dienone is 1. The van der Waals surface area contributed by atoms with Gasteiger partial charge in [0.1, 0.15) is 0 Å². The van der Waals surface area contributed by atoms with Gasteiger partial charge in [-0.1, -0.05) is 18.6 Å². The van der Waals surface area contributed by atoms with Crippen LogP contribution < -0.4 is 0 Å². The molecule has 3 aliphatic carbocycles. The average molecular weight is 276 g/mol. The molecule has 0 aromatic rings. The Morgan fingerprint density at radius 2 is 2.00 bits per heavy atom. The number of hydrogen-bond donors (Lipinski definition) is 1. The molecule has 3 fully saturated rings. The first-order valence-electron chi connectivity index (χ1n) is 8.54. The van der Waals surface area contributed by atoms with Crippen LogP contribution in [0.3, 0.4) is 0 Å². The van der Waals surface area contributed by atoms with E-state index in [0.717, 1.165) is 37.2 Å². The average Bonchev–Trinajstić information content (AvgIpc) is 2.81. The number of aliphatic hydroxyl groups is 1. The van der Waals surface area contributed by atoms with Gasteiger partial charge in [-0.3, -0.25) is 0 Å². The summed E-state index contributed by atoms with van der Waals surface area (Å²) < 4.78 is 6.12. The highest BCUT2D eigenvalue weighted by molar-refractivity contribution is 5.25. The highest BCUT2D eigenvalue weighted by Crippen LogP contribution is 2.61. The molecule has 0 bridgehead atoms. The zero-order valence-corrected chi connectivity index (χ0v) is 12.9. The van der Waals surface area contributed by atoms with Crippen LogP contribution in [0.1, 0.15) is 58.8 Å². The van der Waals surface area contributed by atoms with E-state index in [-0.39, 0.29) is 11.7 Å². The monoisotopic (exact) mass is 276 g/mol. The minimum Gasteiger partial charge on any atom is -0.393 e. The third-order valence-corrected chi connectivity index (χ3v) is 7.27. The van der Waals surface area contributed by atoms with Gasteiger partial charge in [0.2, 0.25) is 0 Å². The molecule has 1 heterocycles. The first kappa shape index (κ1) is 13.3. The van der Waals surface area contributed by atoms with Crippen LogP contribution in [0.5, 0.6) is 0 Å². The second kappa shape index (κ2) is 4.33. The first-order valence-corrected chi connectivity index (χ1v) is 8.54. The van der Waals surface area contributed by atoms with Crippen LogP contribution in [0, 0.1) is 23.2 Å². The summed E-state index contributed by atoms with van der Waals surface area (Å²) in [5.41, 5.74) is 2.10. The van der Waals surface area contributed by atoms with E-state index in [1.807, 2.05) is 0 Å². The summed E-state index contributed by atoms with van der Waals surface area (Å²) in [6.45, 7) is 5.81. The summed E-state index contributed by atoms with van der Waals surface area (Å²) >= 11 is 0. The Labute approximate surface area is 122 Å². The SMILES string of the molecule is C[C@]12CC[C@H](O)CC1=CC[C@@H]1[C@@H]2CC[C@]2(C)OCC[C@@H]12. The second-order valence-corrected chi connectivity index (χ2v) is 8.14. The molecule has 0 aromatic heterocycles. The van der Waals surface area contributed by atoms with Crippen LogP contribution in [-0.4, -0.2) is 23.4 Å². The third-order valence-electron chi connectivity index (χ3n) is 7.27. The highest BCUT2D eigenvalue weighted by Gasteiger charge is 2.56. The Kier molecular flexibility index (Phi) is 2.89. The van der Waals surface area contributed by atoms with E-state index in [4.69, 9.17) is 4.74 Å². The maximum Gasteiger partial charge on any atom is 0.0686 e. The normalized spacial score (nSPS) is 54.6. The third kappa shape index (κ3) is 1.70. The molecule has 1 aliphatic heterocycles. The zero-order valence-electron chi connectivity index (χ0n) is 12.9. The van der Waals surface area contributed by atoms with Gasteiger partial charge in [0, 0.05) is 6.61 Å². The molecule has 0 aromatic carbocycles. The zero-order chi connectivity index (χ0) is 14.0. The van der Waals surface area contributed by atoms with E-state index < -0.39 is 0 Å². The Morgan fingerprint density at radius 1 is 1.15 bits per heavy atom. The van der Waals surface area contributed by atoms with Crippen molar-refractivity contribution < 1.29 is 9.84 Å². The van der Waals surface area contributed by atoms with Gasteiger partial charge in [-0.2, -0.15) is 0 Å². The fraction of sp³-hybridized carbons (Fsp3) is 0.889. The molecular weight excluding hydrogens is 248 g/mol. The lowest BCUT2D eigenvalue weighted by Gasteiger charge is -2.56. The summed E-state index contributed by atoms with van der Waals surface area (Å²) in [4.78, 5) is 0. The minimum absolute atomic E-state index is 0.0884. The summed E-state index contributed by atoms with van der Waals surface area (Å²) in [6.07, 6.45) is 10.6. The van der Waals surface area contributed by atoms with Gasteiger partial charge in [-0.05, 0) is 75.0 Å². The Bertz CT molecular complexity index is 443. The summed E-state index contributed by atoms with van der Waals surface area (Å²) in [7, 11) is 0. The fourth-order valence-electron chi connectivity index (χ4n) is 6.05. The Balaban J connectivity index is 1.68. The predicted octanol–water partition coefficient (Wildman–Crippen LogP) is 3.69. The summed E-state index contributed by atoms with van der Waals surface area (Å²) in [6, 6.07) is 0. The van der Waals surface area contributed by atoms with E-state index in [1.54, 1.807) is 5.57 Å². The van der Waals surface area contributed by atoms with Crippen molar-refractivity contribution in [2.24, 2.45) is 23.2 Å². The van der Waals surface area contributed by atoms with Gasteiger partial charge in [-0.15, -0.1) is 0 Å². The molecule has 2 nitrogen and oxygen atoms in total. The minimum atomic E-state index is -0.0884. The molecule has 4 rings (SSSR count). The predicted molar refractivity (Wildman–Crippen MR) is 79.3 cm³/mol. The van der Waals surface area contributed by atoms with E-state index in [9.17, 15) is 5.11 Å². The Morgan fingerprint density at radius 3 is 2.85 bits per heavy atom. The molecule has 0 amide bonds. The van der Waals surface area contributed by atoms with Gasteiger partial charge >= 0.3 is 0 Å².